The van der Waals surface area contributed by atoms with E-state index in [1.165, 1.54) is 0 Å². The summed E-state index contributed by atoms with van der Waals surface area (Å²) in [5.74, 6) is 1.77. The molecule has 2 N–H and O–H groups in total. The Labute approximate surface area is 88.7 Å². The summed E-state index contributed by atoms with van der Waals surface area (Å²) in [6, 6.07) is 5.65. The summed E-state index contributed by atoms with van der Waals surface area (Å²) in [6.45, 7) is 4.39. The zero-order valence-electron chi connectivity index (χ0n) is 7.88. The molecule has 72 valence electrons. The molecule has 1 rings (SSSR count). The van der Waals surface area contributed by atoms with Crippen LogP contribution >= 0.6 is 23.4 Å². The standard InChI is InChI=1S/C10H14ClNS/c1-7(2)6-13-10-4-3-8(11)5-9(10)12/h3-5,7H,6,12H2,1-2H3. The minimum Gasteiger partial charge on any atom is -0.398 e. The summed E-state index contributed by atoms with van der Waals surface area (Å²) in [6.07, 6.45) is 0. The lowest BCUT2D eigenvalue weighted by atomic mass is 10.3. The third kappa shape index (κ3) is 3.49. The van der Waals surface area contributed by atoms with Crippen LogP contribution in [0.2, 0.25) is 5.02 Å². The van der Waals surface area contributed by atoms with Crippen LogP contribution in [0.3, 0.4) is 0 Å². The van der Waals surface area contributed by atoms with Gasteiger partial charge in [0.1, 0.15) is 0 Å². The van der Waals surface area contributed by atoms with E-state index in [4.69, 9.17) is 17.3 Å². The molecule has 0 spiro atoms. The average molecular weight is 216 g/mol. The van der Waals surface area contributed by atoms with Gasteiger partial charge in [-0.2, -0.15) is 0 Å². The second kappa shape index (κ2) is 4.77. The fourth-order valence-corrected chi connectivity index (χ4v) is 1.99. The monoisotopic (exact) mass is 215 g/mol. The Bertz CT molecular complexity index is 286. The van der Waals surface area contributed by atoms with Gasteiger partial charge in [0.25, 0.3) is 0 Å². The number of nitrogens with two attached hydrogens (primary N) is 1. The zero-order valence-corrected chi connectivity index (χ0v) is 9.45. The van der Waals surface area contributed by atoms with E-state index < -0.39 is 0 Å². The van der Waals surface area contributed by atoms with E-state index in [2.05, 4.69) is 13.8 Å². The van der Waals surface area contributed by atoms with E-state index in [1.54, 1.807) is 17.8 Å². The maximum atomic E-state index is 5.80. The number of nitrogen functional groups attached to an aromatic ring is 1. The van der Waals surface area contributed by atoms with Crippen LogP contribution in [0.1, 0.15) is 13.8 Å². The van der Waals surface area contributed by atoms with E-state index in [-0.39, 0.29) is 0 Å². The summed E-state index contributed by atoms with van der Waals surface area (Å²) in [5.41, 5.74) is 6.58. The van der Waals surface area contributed by atoms with E-state index in [0.717, 1.165) is 16.3 Å². The first-order chi connectivity index (χ1) is 6.09. The summed E-state index contributed by atoms with van der Waals surface area (Å²) < 4.78 is 0. The van der Waals surface area contributed by atoms with Crippen LogP contribution < -0.4 is 5.73 Å². The lowest BCUT2D eigenvalue weighted by Crippen LogP contribution is -1.93. The van der Waals surface area contributed by atoms with Gasteiger partial charge in [-0.1, -0.05) is 25.4 Å². The summed E-state index contributed by atoms with van der Waals surface area (Å²) >= 11 is 7.57. The fraction of sp³-hybridized carbons (Fsp3) is 0.400. The van der Waals surface area contributed by atoms with E-state index in [1.807, 2.05) is 12.1 Å². The number of benzene rings is 1. The zero-order chi connectivity index (χ0) is 9.84. The van der Waals surface area contributed by atoms with Gasteiger partial charge in [-0.3, -0.25) is 0 Å². The normalized spacial score (nSPS) is 10.8. The molecule has 0 aromatic heterocycles. The fourth-order valence-electron chi connectivity index (χ4n) is 0.907. The first-order valence-electron chi connectivity index (χ1n) is 4.27. The number of thioether (sulfide) groups is 1. The molecular formula is C10H14ClNS. The molecule has 0 saturated carbocycles. The molecular weight excluding hydrogens is 202 g/mol. The van der Waals surface area contributed by atoms with Crippen molar-refractivity contribution in [2.75, 3.05) is 11.5 Å². The molecule has 0 aliphatic heterocycles. The third-order valence-corrected chi connectivity index (χ3v) is 3.30. The highest BCUT2D eigenvalue weighted by Crippen LogP contribution is 2.28. The topological polar surface area (TPSA) is 26.0 Å². The Balaban J connectivity index is 2.67. The molecule has 1 aromatic rings. The van der Waals surface area contributed by atoms with Crippen molar-refractivity contribution in [3.63, 3.8) is 0 Å². The van der Waals surface area contributed by atoms with Crippen molar-refractivity contribution in [1.29, 1.82) is 0 Å². The molecule has 0 fully saturated rings. The molecule has 0 atom stereocenters. The van der Waals surface area contributed by atoms with E-state index in [9.17, 15) is 0 Å². The third-order valence-electron chi connectivity index (χ3n) is 1.54. The minimum absolute atomic E-state index is 0.681. The van der Waals surface area contributed by atoms with Gasteiger partial charge in [0, 0.05) is 21.4 Å². The van der Waals surface area contributed by atoms with Gasteiger partial charge in [0.2, 0.25) is 0 Å². The molecule has 0 saturated heterocycles. The Morgan fingerprint density at radius 2 is 2.15 bits per heavy atom. The van der Waals surface area contributed by atoms with Crippen molar-refractivity contribution >= 4 is 29.1 Å². The van der Waals surface area contributed by atoms with Gasteiger partial charge in [0.05, 0.1) is 0 Å². The molecule has 0 heterocycles. The van der Waals surface area contributed by atoms with Crippen molar-refractivity contribution in [2.24, 2.45) is 5.92 Å². The number of halogens is 1. The average Bonchev–Trinajstić information content (AvgIpc) is 2.02. The Hall–Kier alpha value is -0.340. The molecule has 0 radical (unpaired) electrons. The molecule has 13 heavy (non-hydrogen) atoms. The predicted molar refractivity (Wildman–Crippen MR) is 61.4 cm³/mol. The van der Waals surface area contributed by atoms with Gasteiger partial charge in [-0.15, -0.1) is 11.8 Å². The largest absolute Gasteiger partial charge is 0.398 e. The van der Waals surface area contributed by atoms with E-state index in [0.29, 0.717) is 10.9 Å². The Kier molecular flexibility index (Phi) is 3.94. The molecule has 0 amide bonds. The van der Waals surface area contributed by atoms with Crippen LogP contribution in [0.4, 0.5) is 5.69 Å². The highest BCUT2D eigenvalue weighted by molar-refractivity contribution is 7.99. The summed E-state index contributed by atoms with van der Waals surface area (Å²) in [7, 11) is 0. The van der Waals surface area contributed by atoms with Crippen molar-refractivity contribution in [1.82, 2.24) is 0 Å². The van der Waals surface area contributed by atoms with Crippen LogP contribution in [0.25, 0.3) is 0 Å². The Morgan fingerprint density at radius 1 is 1.46 bits per heavy atom. The van der Waals surface area contributed by atoms with Crippen LogP contribution in [-0.2, 0) is 0 Å². The maximum Gasteiger partial charge on any atom is 0.0467 e. The van der Waals surface area contributed by atoms with Crippen LogP contribution in [0, 0.1) is 5.92 Å². The lowest BCUT2D eigenvalue weighted by Gasteiger charge is -2.07. The van der Waals surface area contributed by atoms with Crippen molar-refractivity contribution in [3.05, 3.63) is 23.2 Å². The summed E-state index contributed by atoms with van der Waals surface area (Å²) in [5, 5.41) is 0.700. The maximum absolute atomic E-state index is 5.80. The minimum atomic E-state index is 0.681. The number of hydrogen-bond donors (Lipinski definition) is 1. The highest BCUT2D eigenvalue weighted by atomic mass is 35.5. The molecule has 1 nitrogen and oxygen atoms in total. The van der Waals surface area contributed by atoms with Gasteiger partial charge in [0.15, 0.2) is 0 Å². The van der Waals surface area contributed by atoms with Crippen molar-refractivity contribution in [2.45, 2.75) is 18.7 Å². The van der Waals surface area contributed by atoms with Crippen LogP contribution in [0.15, 0.2) is 23.1 Å². The number of rotatable bonds is 3. The van der Waals surface area contributed by atoms with E-state index >= 15 is 0 Å². The predicted octanol–water partition coefficient (Wildman–Crippen LogP) is 3.67. The quantitative estimate of drug-likeness (QED) is 0.615. The summed E-state index contributed by atoms with van der Waals surface area (Å²) in [4.78, 5) is 1.12. The van der Waals surface area contributed by atoms with Crippen LogP contribution in [0.5, 0.6) is 0 Å². The molecule has 0 aliphatic rings. The van der Waals surface area contributed by atoms with Crippen molar-refractivity contribution in [3.8, 4) is 0 Å². The van der Waals surface area contributed by atoms with Gasteiger partial charge in [-0.05, 0) is 24.1 Å². The van der Waals surface area contributed by atoms with Gasteiger partial charge in [-0.25, -0.2) is 0 Å². The number of anilines is 1. The SMILES string of the molecule is CC(C)CSc1ccc(Cl)cc1N. The second-order valence-electron chi connectivity index (χ2n) is 3.39. The first kappa shape index (κ1) is 10.7. The van der Waals surface area contributed by atoms with Crippen LogP contribution in [-0.4, -0.2) is 5.75 Å². The molecule has 3 heteroatoms. The van der Waals surface area contributed by atoms with Gasteiger partial charge < -0.3 is 5.73 Å². The van der Waals surface area contributed by atoms with Crippen molar-refractivity contribution < 1.29 is 0 Å². The first-order valence-corrected chi connectivity index (χ1v) is 5.64. The molecule has 0 unspecified atom stereocenters. The number of hydrogen-bond acceptors (Lipinski definition) is 2. The Morgan fingerprint density at radius 3 is 2.69 bits per heavy atom. The smallest absolute Gasteiger partial charge is 0.0467 e. The molecule has 0 bridgehead atoms. The lowest BCUT2D eigenvalue weighted by molar-refractivity contribution is 0.750. The molecule has 1 aromatic carbocycles. The van der Waals surface area contributed by atoms with Gasteiger partial charge >= 0.3 is 0 Å². The molecule has 0 aliphatic carbocycles. The highest BCUT2D eigenvalue weighted by Gasteiger charge is 2.01. The second-order valence-corrected chi connectivity index (χ2v) is 4.89.